The summed E-state index contributed by atoms with van der Waals surface area (Å²) in [7, 11) is 1.24. The fourth-order valence-electron chi connectivity index (χ4n) is 3.87. The van der Waals surface area contributed by atoms with Crippen LogP contribution in [0.1, 0.15) is 10.4 Å². The summed E-state index contributed by atoms with van der Waals surface area (Å²) < 4.78 is 10.4. The lowest BCUT2D eigenvalue weighted by Gasteiger charge is -2.26. The molecule has 3 aliphatic rings. The van der Waals surface area contributed by atoms with E-state index in [2.05, 4.69) is 0 Å². The number of anilines is 1. The monoisotopic (exact) mass is 329 g/mol. The fraction of sp³-hybridized carbons (Fsp3) is 0.353. The summed E-state index contributed by atoms with van der Waals surface area (Å²) in [5, 5.41) is 9.70. The minimum absolute atomic E-state index is 0.140. The molecule has 0 aliphatic carbocycles. The largest absolute Gasteiger partial charge is 0.465 e. The minimum atomic E-state index is -1.16. The van der Waals surface area contributed by atoms with Crippen molar-refractivity contribution < 1.29 is 29.0 Å². The summed E-state index contributed by atoms with van der Waals surface area (Å²) in [6.07, 6.45) is 2.83. The molecule has 1 N–H and O–H groups in total. The Morgan fingerprint density at radius 3 is 2.79 bits per heavy atom. The summed E-state index contributed by atoms with van der Waals surface area (Å²) in [6.45, 7) is -0.382. The van der Waals surface area contributed by atoms with E-state index in [1.54, 1.807) is 24.3 Å². The molecule has 24 heavy (non-hydrogen) atoms. The lowest BCUT2D eigenvalue weighted by Crippen LogP contribution is -2.43. The number of aliphatic hydroxyl groups excluding tert-OH is 1. The van der Waals surface area contributed by atoms with Crippen LogP contribution in [-0.2, 0) is 19.1 Å². The SMILES string of the molecule is COC(=O)c1ccccc1N1C(=O)[C@@H]2[C@@H]3C=C[C@](CO)(O3)[C@@H]2C1=O. The van der Waals surface area contributed by atoms with Crippen LogP contribution < -0.4 is 4.90 Å². The van der Waals surface area contributed by atoms with E-state index < -0.39 is 41.3 Å². The van der Waals surface area contributed by atoms with Gasteiger partial charge in [-0.05, 0) is 12.1 Å². The summed E-state index contributed by atoms with van der Waals surface area (Å²) in [5.74, 6) is -2.98. The van der Waals surface area contributed by atoms with E-state index >= 15 is 0 Å². The molecule has 2 bridgehead atoms. The van der Waals surface area contributed by atoms with Crippen molar-refractivity contribution in [2.75, 3.05) is 18.6 Å². The molecule has 0 unspecified atom stereocenters. The average molecular weight is 329 g/mol. The maximum Gasteiger partial charge on any atom is 0.339 e. The Kier molecular flexibility index (Phi) is 3.13. The predicted molar refractivity (Wildman–Crippen MR) is 81.1 cm³/mol. The number of benzene rings is 1. The van der Waals surface area contributed by atoms with E-state index in [4.69, 9.17) is 9.47 Å². The van der Waals surface area contributed by atoms with E-state index in [9.17, 15) is 19.5 Å². The number of carbonyl (C=O) groups excluding carboxylic acids is 3. The highest BCUT2D eigenvalue weighted by Gasteiger charge is 2.67. The van der Waals surface area contributed by atoms with Crippen LogP contribution in [0.4, 0.5) is 5.69 Å². The van der Waals surface area contributed by atoms with Gasteiger partial charge >= 0.3 is 5.97 Å². The normalized spacial score (nSPS) is 33.2. The third kappa shape index (κ3) is 1.71. The Morgan fingerprint density at radius 2 is 2.08 bits per heavy atom. The van der Waals surface area contributed by atoms with Crippen molar-refractivity contribution in [3.05, 3.63) is 42.0 Å². The second kappa shape index (κ2) is 4.99. The number of aliphatic hydroxyl groups is 1. The van der Waals surface area contributed by atoms with Gasteiger partial charge in [-0.3, -0.25) is 9.59 Å². The van der Waals surface area contributed by atoms with E-state index in [-0.39, 0.29) is 17.9 Å². The molecular weight excluding hydrogens is 314 g/mol. The van der Waals surface area contributed by atoms with Gasteiger partial charge in [0.15, 0.2) is 0 Å². The van der Waals surface area contributed by atoms with Gasteiger partial charge in [-0.1, -0.05) is 24.3 Å². The van der Waals surface area contributed by atoms with E-state index in [0.29, 0.717) is 0 Å². The number of hydrogen-bond acceptors (Lipinski definition) is 6. The Morgan fingerprint density at radius 1 is 1.33 bits per heavy atom. The van der Waals surface area contributed by atoms with Gasteiger partial charge in [0.05, 0.1) is 42.9 Å². The van der Waals surface area contributed by atoms with Crippen LogP contribution in [0.15, 0.2) is 36.4 Å². The van der Waals surface area contributed by atoms with Gasteiger partial charge in [0, 0.05) is 0 Å². The first-order valence-corrected chi connectivity index (χ1v) is 7.57. The second-order valence-corrected chi connectivity index (χ2v) is 6.08. The summed E-state index contributed by atoms with van der Waals surface area (Å²) in [6, 6.07) is 6.30. The van der Waals surface area contributed by atoms with Gasteiger partial charge in [-0.2, -0.15) is 0 Å². The minimum Gasteiger partial charge on any atom is -0.465 e. The number of ether oxygens (including phenoxy) is 2. The van der Waals surface area contributed by atoms with E-state index in [1.165, 1.54) is 19.2 Å². The summed E-state index contributed by atoms with van der Waals surface area (Å²) >= 11 is 0. The van der Waals surface area contributed by atoms with Gasteiger partial charge in [0.2, 0.25) is 11.8 Å². The van der Waals surface area contributed by atoms with Crippen molar-refractivity contribution in [2.45, 2.75) is 11.7 Å². The average Bonchev–Trinajstić information content (AvgIpc) is 3.25. The Labute approximate surface area is 137 Å². The number of methoxy groups -OCH3 is 1. The zero-order chi connectivity index (χ0) is 17.1. The molecule has 4 rings (SSSR count). The summed E-state index contributed by atoms with van der Waals surface area (Å²) in [4.78, 5) is 38.8. The highest BCUT2D eigenvalue weighted by atomic mass is 16.5. The first-order valence-electron chi connectivity index (χ1n) is 7.57. The van der Waals surface area contributed by atoms with E-state index in [1.807, 2.05) is 0 Å². The van der Waals surface area contributed by atoms with Gasteiger partial charge in [0.25, 0.3) is 0 Å². The van der Waals surface area contributed by atoms with Gasteiger partial charge in [-0.25, -0.2) is 9.69 Å². The molecule has 2 saturated heterocycles. The van der Waals surface area contributed by atoms with Crippen LogP contribution >= 0.6 is 0 Å². The fourth-order valence-corrected chi connectivity index (χ4v) is 3.87. The topological polar surface area (TPSA) is 93.1 Å². The van der Waals surface area contributed by atoms with Crippen LogP contribution in [0.25, 0.3) is 0 Å². The van der Waals surface area contributed by atoms with E-state index in [0.717, 1.165) is 4.90 Å². The van der Waals surface area contributed by atoms with Crippen LogP contribution in [0.3, 0.4) is 0 Å². The molecule has 4 atom stereocenters. The highest BCUT2D eigenvalue weighted by molar-refractivity contribution is 6.25. The number of nitrogens with zero attached hydrogens (tertiary/aromatic N) is 1. The van der Waals surface area contributed by atoms with Crippen LogP contribution in [0.5, 0.6) is 0 Å². The lowest BCUT2D eigenvalue weighted by atomic mass is 9.77. The molecule has 2 amide bonds. The molecule has 3 heterocycles. The first kappa shape index (κ1) is 15.0. The number of esters is 1. The number of carbonyl (C=O) groups is 3. The number of hydrogen-bond donors (Lipinski definition) is 1. The molecular formula is C17H15NO6. The van der Waals surface area contributed by atoms with Crippen molar-refractivity contribution >= 4 is 23.5 Å². The Hall–Kier alpha value is -2.51. The number of rotatable bonds is 3. The molecule has 1 aromatic carbocycles. The molecule has 1 aromatic rings. The molecule has 124 valence electrons. The lowest BCUT2D eigenvalue weighted by molar-refractivity contribution is -0.128. The zero-order valence-corrected chi connectivity index (χ0v) is 12.8. The molecule has 7 nitrogen and oxygen atoms in total. The molecule has 0 radical (unpaired) electrons. The maximum absolute atomic E-state index is 12.9. The number of imide groups is 1. The van der Waals surface area contributed by atoms with Gasteiger partial charge in [-0.15, -0.1) is 0 Å². The Balaban J connectivity index is 1.80. The quantitative estimate of drug-likeness (QED) is 0.486. The molecule has 0 spiro atoms. The van der Waals surface area contributed by atoms with Crippen LogP contribution in [0.2, 0.25) is 0 Å². The van der Waals surface area contributed by atoms with Crippen molar-refractivity contribution in [1.29, 1.82) is 0 Å². The van der Waals surface area contributed by atoms with Gasteiger partial charge < -0.3 is 14.6 Å². The van der Waals surface area contributed by atoms with Crippen molar-refractivity contribution in [1.82, 2.24) is 0 Å². The first-order chi connectivity index (χ1) is 11.5. The Bertz CT molecular complexity index is 787. The van der Waals surface area contributed by atoms with Gasteiger partial charge in [0.1, 0.15) is 5.60 Å². The van der Waals surface area contributed by atoms with Crippen LogP contribution in [0, 0.1) is 11.8 Å². The third-order valence-corrected chi connectivity index (χ3v) is 4.95. The zero-order valence-electron chi connectivity index (χ0n) is 12.8. The second-order valence-electron chi connectivity index (χ2n) is 6.08. The van der Waals surface area contributed by atoms with Crippen molar-refractivity contribution in [2.24, 2.45) is 11.8 Å². The molecule has 2 fully saturated rings. The number of para-hydroxylation sites is 1. The third-order valence-electron chi connectivity index (χ3n) is 4.95. The van der Waals surface area contributed by atoms with Crippen molar-refractivity contribution in [3.8, 4) is 0 Å². The number of amides is 2. The van der Waals surface area contributed by atoms with Crippen molar-refractivity contribution in [3.63, 3.8) is 0 Å². The predicted octanol–water partition coefficient (Wildman–Crippen LogP) is 0.278. The molecule has 0 aromatic heterocycles. The standard InChI is InChI=1S/C17H15NO6/c1-23-16(22)9-4-2-3-5-10(9)18-14(20)12-11-6-7-17(8-19,24-11)13(12)15(18)21/h2-7,11-13,19H,8H2,1H3/t11-,12+,13-,17+/m0/s1. The summed E-state index contributed by atoms with van der Waals surface area (Å²) in [5.41, 5.74) is -0.820. The molecule has 0 saturated carbocycles. The highest BCUT2D eigenvalue weighted by Crippen LogP contribution is 2.52. The molecule has 3 aliphatic heterocycles. The number of fused-ring (bicyclic) bond motifs is 5. The van der Waals surface area contributed by atoms with Crippen LogP contribution in [-0.4, -0.2) is 48.3 Å². The smallest absolute Gasteiger partial charge is 0.339 e. The molecule has 7 heteroatoms. The maximum atomic E-state index is 12.9.